The molecule has 78 valence electrons. The Balaban J connectivity index is 0. The first kappa shape index (κ1) is 14.4. The highest BCUT2D eigenvalue weighted by Gasteiger charge is 2.04. The predicted octanol–water partition coefficient (Wildman–Crippen LogP) is 0.504. The molecular weight excluding hydrogens is 174 g/mol. The van der Waals surface area contributed by atoms with E-state index in [9.17, 15) is 9.59 Å². The molecule has 0 aliphatic carbocycles. The lowest BCUT2D eigenvalue weighted by Gasteiger charge is -2.12. The minimum Gasteiger partial charge on any atom is -0.481 e. The normalized spacial score (nSPS) is 9.38. The summed E-state index contributed by atoms with van der Waals surface area (Å²) >= 11 is 0. The molecule has 0 heterocycles. The second kappa shape index (κ2) is 7.54. The van der Waals surface area contributed by atoms with E-state index in [0.29, 0.717) is 13.1 Å². The Morgan fingerprint density at radius 3 is 1.62 bits per heavy atom. The van der Waals surface area contributed by atoms with Gasteiger partial charge < -0.3 is 15.1 Å². The van der Waals surface area contributed by atoms with Crippen molar-refractivity contribution in [2.75, 3.05) is 20.1 Å². The molecule has 0 rings (SSSR count). The van der Waals surface area contributed by atoms with Crippen LogP contribution in [0.1, 0.15) is 20.3 Å². The average molecular weight is 191 g/mol. The summed E-state index contributed by atoms with van der Waals surface area (Å²) in [5, 5.41) is 16.6. The van der Waals surface area contributed by atoms with Crippen molar-refractivity contribution in [1.29, 1.82) is 0 Å². The Bertz CT molecular complexity index is 152. The van der Waals surface area contributed by atoms with Gasteiger partial charge >= 0.3 is 11.9 Å². The summed E-state index contributed by atoms with van der Waals surface area (Å²) < 4.78 is 0. The molecular formula is C8H17NO4. The fourth-order valence-electron chi connectivity index (χ4n) is 0.685. The van der Waals surface area contributed by atoms with Gasteiger partial charge in [0.05, 0.1) is 12.8 Å². The van der Waals surface area contributed by atoms with E-state index in [2.05, 4.69) is 0 Å². The van der Waals surface area contributed by atoms with Crippen molar-refractivity contribution in [3.63, 3.8) is 0 Å². The van der Waals surface area contributed by atoms with Crippen LogP contribution in [0.5, 0.6) is 0 Å². The minimum atomic E-state index is -0.864. The molecule has 0 spiro atoms. The third kappa shape index (κ3) is 10.9. The van der Waals surface area contributed by atoms with Crippen molar-refractivity contribution < 1.29 is 19.8 Å². The predicted molar refractivity (Wildman–Crippen MR) is 48.7 cm³/mol. The number of rotatable bonds is 6. The Kier molecular flexibility index (Phi) is 8.37. The zero-order valence-electron chi connectivity index (χ0n) is 6.99. The van der Waals surface area contributed by atoms with Gasteiger partial charge in [-0.25, -0.2) is 0 Å². The van der Waals surface area contributed by atoms with Crippen LogP contribution in [0.3, 0.4) is 0 Å². The number of nitrogens with zero attached hydrogens (tertiary/aromatic N) is 1. The van der Waals surface area contributed by atoms with Gasteiger partial charge in [0, 0.05) is 13.1 Å². The zero-order chi connectivity index (χ0) is 9.56. The second-order valence-electron chi connectivity index (χ2n) is 2.59. The summed E-state index contributed by atoms with van der Waals surface area (Å²) in [4.78, 5) is 21.9. The third-order valence-corrected chi connectivity index (χ3v) is 1.41. The largest absolute Gasteiger partial charge is 0.481 e. The van der Waals surface area contributed by atoms with Gasteiger partial charge in [-0.15, -0.1) is 0 Å². The Morgan fingerprint density at radius 2 is 1.38 bits per heavy atom. The Hall–Kier alpha value is -1.10. The lowest BCUT2D eigenvalue weighted by Crippen LogP contribution is -2.24. The molecule has 0 aromatic rings. The molecule has 0 bridgehead atoms. The van der Waals surface area contributed by atoms with Crippen molar-refractivity contribution >= 4 is 11.9 Å². The standard InChI is InChI=1S/C7H13NO4.CH4/c1-8(4-2-6(9)10)5-3-7(11)12;/h2-5H2,1H3,(H,9,10)(H,11,12);1H4. The van der Waals surface area contributed by atoms with Crippen LogP contribution in [-0.4, -0.2) is 47.2 Å². The molecule has 0 aromatic heterocycles. The number of carboxylic acids is 2. The molecule has 13 heavy (non-hydrogen) atoms. The average Bonchev–Trinajstić information content (AvgIpc) is 1.96. The molecule has 0 aliphatic heterocycles. The Labute approximate surface area is 78.0 Å². The third-order valence-electron chi connectivity index (χ3n) is 1.41. The van der Waals surface area contributed by atoms with Gasteiger partial charge in [0.2, 0.25) is 0 Å². The first-order valence-corrected chi connectivity index (χ1v) is 3.64. The van der Waals surface area contributed by atoms with E-state index in [1.54, 1.807) is 11.9 Å². The highest BCUT2D eigenvalue weighted by atomic mass is 16.4. The molecule has 0 fully saturated rings. The van der Waals surface area contributed by atoms with Gasteiger partial charge in [0.15, 0.2) is 0 Å². The van der Waals surface area contributed by atoms with Gasteiger partial charge in [-0.3, -0.25) is 9.59 Å². The van der Waals surface area contributed by atoms with Gasteiger partial charge in [0.25, 0.3) is 0 Å². The summed E-state index contributed by atoms with van der Waals surface area (Å²) in [6, 6.07) is 0. The number of hydrogen-bond acceptors (Lipinski definition) is 3. The number of carbonyl (C=O) groups is 2. The Morgan fingerprint density at radius 1 is 1.08 bits per heavy atom. The summed E-state index contributed by atoms with van der Waals surface area (Å²) in [5.74, 6) is -1.73. The topological polar surface area (TPSA) is 77.8 Å². The van der Waals surface area contributed by atoms with E-state index < -0.39 is 11.9 Å². The zero-order valence-corrected chi connectivity index (χ0v) is 6.99. The highest BCUT2D eigenvalue weighted by molar-refractivity contribution is 5.67. The van der Waals surface area contributed by atoms with Crippen LogP contribution < -0.4 is 0 Å². The van der Waals surface area contributed by atoms with Crippen LogP contribution >= 0.6 is 0 Å². The van der Waals surface area contributed by atoms with Gasteiger partial charge in [-0.05, 0) is 7.05 Å². The first-order valence-electron chi connectivity index (χ1n) is 3.64. The van der Waals surface area contributed by atoms with Crippen molar-refractivity contribution in [3.05, 3.63) is 0 Å². The molecule has 2 N–H and O–H groups in total. The lowest BCUT2D eigenvalue weighted by molar-refractivity contribution is -0.137. The lowest BCUT2D eigenvalue weighted by atomic mass is 10.3. The van der Waals surface area contributed by atoms with E-state index >= 15 is 0 Å². The van der Waals surface area contributed by atoms with E-state index in [1.807, 2.05) is 0 Å². The van der Waals surface area contributed by atoms with E-state index in [0.717, 1.165) is 0 Å². The quantitative estimate of drug-likeness (QED) is 0.639. The molecule has 0 aromatic carbocycles. The number of aliphatic carboxylic acids is 2. The minimum absolute atomic E-state index is 0. The van der Waals surface area contributed by atoms with Gasteiger partial charge in [-0.2, -0.15) is 0 Å². The van der Waals surface area contributed by atoms with Gasteiger partial charge in [0.1, 0.15) is 0 Å². The maximum atomic E-state index is 10.1. The van der Waals surface area contributed by atoms with Crippen LogP contribution in [0.2, 0.25) is 0 Å². The molecule has 0 radical (unpaired) electrons. The van der Waals surface area contributed by atoms with Crippen LogP contribution in [0, 0.1) is 0 Å². The van der Waals surface area contributed by atoms with E-state index in [4.69, 9.17) is 10.2 Å². The van der Waals surface area contributed by atoms with Gasteiger partial charge in [-0.1, -0.05) is 7.43 Å². The van der Waals surface area contributed by atoms with E-state index in [-0.39, 0.29) is 20.3 Å². The highest BCUT2D eigenvalue weighted by Crippen LogP contribution is 1.90. The summed E-state index contributed by atoms with van der Waals surface area (Å²) in [5.41, 5.74) is 0. The first-order chi connectivity index (χ1) is 5.52. The molecule has 0 aliphatic rings. The van der Waals surface area contributed by atoms with Crippen molar-refractivity contribution in [2.45, 2.75) is 20.3 Å². The van der Waals surface area contributed by atoms with Crippen LogP contribution in [-0.2, 0) is 9.59 Å². The van der Waals surface area contributed by atoms with Crippen molar-refractivity contribution in [3.8, 4) is 0 Å². The number of hydrogen-bond donors (Lipinski definition) is 2. The molecule has 0 atom stereocenters. The fraction of sp³-hybridized carbons (Fsp3) is 0.750. The number of carboxylic acid groups (broad SMARTS) is 2. The SMILES string of the molecule is C.CN(CCC(=O)O)CCC(=O)O. The smallest absolute Gasteiger partial charge is 0.304 e. The monoisotopic (exact) mass is 191 g/mol. The van der Waals surface area contributed by atoms with Crippen molar-refractivity contribution in [1.82, 2.24) is 4.90 Å². The molecule has 0 saturated heterocycles. The molecule has 0 saturated carbocycles. The second-order valence-corrected chi connectivity index (χ2v) is 2.59. The molecule has 5 heteroatoms. The maximum Gasteiger partial charge on any atom is 0.304 e. The van der Waals surface area contributed by atoms with Crippen LogP contribution in [0.15, 0.2) is 0 Å². The van der Waals surface area contributed by atoms with Crippen LogP contribution in [0.25, 0.3) is 0 Å². The summed E-state index contributed by atoms with van der Waals surface area (Å²) in [6.07, 6.45) is 0.103. The van der Waals surface area contributed by atoms with Crippen LogP contribution in [0.4, 0.5) is 0 Å². The molecule has 5 nitrogen and oxygen atoms in total. The molecule has 0 amide bonds. The van der Waals surface area contributed by atoms with E-state index in [1.165, 1.54) is 0 Å². The summed E-state index contributed by atoms with van der Waals surface area (Å²) in [7, 11) is 1.70. The summed E-state index contributed by atoms with van der Waals surface area (Å²) in [6.45, 7) is 0.783. The molecule has 0 unspecified atom stereocenters. The fourth-order valence-corrected chi connectivity index (χ4v) is 0.685. The van der Waals surface area contributed by atoms with Crippen molar-refractivity contribution in [2.24, 2.45) is 0 Å². The maximum absolute atomic E-state index is 10.1.